The van der Waals surface area contributed by atoms with Crippen LogP contribution in [0.4, 0.5) is 5.69 Å². The van der Waals surface area contributed by atoms with Crippen LogP contribution in [-0.4, -0.2) is 19.0 Å². The summed E-state index contributed by atoms with van der Waals surface area (Å²) in [5.74, 6) is -0.762. The van der Waals surface area contributed by atoms with E-state index in [1.807, 2.05) is 13.0 Å². The molecule has 2 aromatic rings. The van der Waals surface area contributed by atoms with Gasteiger partial charge in [-0.3, -0.25) is 4.79 Å². The van der Waals surface area contributed by atoms with Gasteiger partial charge in [-0.05, 0) is 36.8 Å². The molecule has 4 nitrogen and oxygen atoms in total. The van der Waals surface area contributed by atoms with Gasteiger partial charge in [0.2, 0.25) is 0 Å². The Labute approximate surface area is 131 Å². The SMILES string of the molecule is COC(=O)c1ccccc1NC(=O)c1cccc(Br)c1C. The maximum atomic E-state index is 12.4. The van der Waals surface area contributed by atoms with Gasteiger partial charge in [0.05, 0.1) is 18.4 Å². The highest BCUT2D eigenvalue weighted by Gasteiger charge is 2.15. The third kappa shape index (κ3) is 3.31. The molecular weight excluding hydrogens is 334 g/mol. The molecule has 1 amide bonds. The number of benzene rings is 2. The largest absolute Gasteiger partial charge is 0.465 e. The van der Waals surface area contributed by atoms with Crippen molar-refractivity contribution in [3.05, 3.63) is 63.6 Å². The topological polar surface area (TPSA) is 55.4 Å². The van der Waals surface area contributed by atoms with E-state index >= 15 is 0 Å². The minimum atomic E-state index is -0.489. The number of rotatable bonds is 3. The van der Waals surface area contributed by atoms with Gasteiger partial charge in [0, 0.05) is 10.0 Å². The second kappa shape index (κ2) is 6.54. The monoisotopic (exact) mass is 347 g/mol. The van der Waals surface area contributed by atoms with Crippen LogP contribution in [0.3, 0.4) is 0 Å². The highest BCUT2D eigenvalue weighted by atomic mass is 79.9. The third-order valence-electron chi connectivity index (χ3n) is 3.09. The van der Waals surface area contributed by atoms with Gasteiger partial charge in [-0.15, -0.1) is 0 Å². The predicted octanol–water partition coefficient (Wildman–Crippen LogP) is 3.80. The van der Waals surface area contributed by atoms with E-state index in [4.69, 9.17) is 4.74 Å². The molecule has 0 unspecified atom stereocenters. The molecule has 0 radical (unpaired) electrons. The molecule has 2 rings (SSSR count). The van der Waals surface area contributed by atoms with Crippen molar-refractivity contribution < 1.29 is 14.3 Å². The van der Waals surface area contributed by atoms with E-state index in [1.54, 1.807) is 36.4 Å². The van der Waals surface area contributed by atoms with Gasteiger partial charge in [-0.2, -0.15) is 0 Å². The van der Waals surface area contributed by atoms with E-state index in [-0.39, 0.29) is 5.91 Å². The molecule has 5 heteroatoms. The number of halogens is 1. The van der Waals surface area contributed by atoms with Gasteiger partial charge in [-0.25, -0.2) is 4.79 Å². The van der Waals surface area contributed by atoms with Gasteiger partial charge in [0.1, 0.15) is 0 Å². The number of hydrogen-bond acceptors (Lipinski definition) is 3. The summed E-state index contributed by atoms with van der Waals surface area (Å²) in [6, 6.07) is 12.1. The Bertz CT molecular complexity index is 698. The van der Waals surface area contributed by atoms with E-state index in [2.05, 4.69) is 21.2 Å². The molecule has 0 aliphatic rings. The minimum absolute atomic E-state index is 0.273. The molecule has 1 N–H and O–H groups in total. The fourth-order valence-corrected chi connectivity index (χ4v) is 2.29. The van der Waals surface area contributed by atoms with Crippen molar-refractivity contribution in [1.82, 2.24) is 0 Å². The summed E-state index contributed by atoms with van der Waals surface area (Å²) in [7, 11) is 1.30. The van der Waals surface area contributed by atoms with Crippen molar-refractivity contribution in [3.63, 3.8) is 0 Å². The Kier molecular flexibility index (Phi) is 4.75. The molecule has 0 spiro atoms. The third-order valence-corrected chi connectivity index (χ3v) is 3.95. The number of ether oxygens (including phenoxy) is 1. The van der Waals surface area contributed by atoms with Gasteiger partial charge in [0.25, 0.3) is 5.91 Å². The van der Waals surface area contributed by atoms with E-state index in [0.29, 0.717) is 16.8 Å². The Morgan fingerprint density at radius 1 is 1.05 bits per heavy atom. The molecule has 108 valence electrons. The first kappa shape index (κ1) is 15.3. The summed E-state index contributed by atoms with van der Waals surface area (Å²) in [5.41, 5.74) is 2.13. The van der Waals surface area contributed by atoms with Gasteiger partial charge < -0.3 is 10.1 Å². The first-order valence-corrected chi connectivity index (χ1v) is 7.07. The normalized spacial score (nSPS) is 10.0. The van der Waals surface area contributed by atoms with Crippen LogP contribution >= 0.6 is 15.9 Å². The molecular formula is C16H14BrNO3. The van der Waals surface area contributed by atoms with E-state index in [0.717, 1.165) is 10.0 Å². The highest BCUT2D eigenvalue weighted by Crippen LogP contribution is 2.22. The molecule has 0 aliphatic heterocycles. The summed E-state index contributed by atoms with van der Waals surface area (Å²) >= 11 is 3.39. The maximum Gasteiger partial charge on any atom is 0.339 e. The number of nitrogens with one attached hydrogen (secondary N) is 1. The van der Waals surface area contributed by atoms with E-state index in [9.17, 15) is 9.59 Å². The zero-order valence-electron chi connectivity index (χ0n) is 11.6. The number of carbonyl (C=O) groups excluding carboxylic acids is 2. The molecule has 21 heavy (non-hydrogen) atoms. The molecule has 0 saturated carbocycles. The second-order valence-electron chi connectivity index (χ2n) is 4.40. The first-order chi connectivity index (χ1) is 10.0. The van der Waals surface area contributed by atoms with Crippen LogP contribution in [0.15, 0.2) is 46.9 Å². The fraction of sp³-hybridized carbons (Fsp3) is 0.125. The molecule has 0 heterocycles. The van der Waals surface area contributed by atoms with E-state index in [1.165, 1.54) is 7.11 Å². The van der Waals surface area contributed by atoms with Crippen LogP contribution in [0.1, 0.15) is 26.3 Å². The van der Waals surface area contributed by atoms with Gasteiger partial charge in [-0.1, -0.05) is 34.1 Å². The minimum Gasteiger partial charge on any atom is -0.465 e. The lowest BCUT2D eigenvalue weighted by atomic mass is 10.1. The number of esters is 1. The van der Waals surface area contributed by atoms with Gasteiger partial charge >= 0.3 is 5.97 Å². The molecule has 0 aliphatic carbocycles. The Hall–Kier alpha value is -2.14. The highest BCUT2D eigenvalue weighted by molar-refractivity contribution is 9.10. The Morgan fingerprint density at radius 3 is 2.43 bits per heavy atom. The Balaban J connectivity index is 2.32. The molecule has 0 bridgehead atoms. The average molecular weight is 348 g/mol. The number of para-hydroxylation sites is 1. The number of anilines is 1. The summed E-state index contributed by atoms with van der Waals surface area (Å²) in [6.07, 6.45) is 0. The second-order valence-corrected chi connectivity index (χ2v) is 5.26. The lowest BCUT2D eigenvalue weighted by Crippen LogP contribution is -2.16. The van der Waals surface area contributed by atoms with Crippen molar-refractivity contribution in [2.45, 2.75) is 6.92 Å². The van der Waals surface area contributed by atoms with Gasteiger partial charge in [0.15, 0.2) is 0 Å². The summed E-state index contributed by atoms with van der Waals surface area (Å²) < 4.78 is 5.57. The summed E-state index contributed by atoms with van der Waals surface area (Å²) in [4.78, 5) is 24.1. The van der Waals surface area contributed by atoms with Crippen molar-refractivity contribution in [2.24, 2.45) is 0 Å². The maximum absolute atomic E-state index is 12.4. The zero-order valence-corrected chi connectivity index (χ0v) is 13.2. The fourth-order valence-electron chi connectivity index (χ4n) is 1.92. The number of carbonyl (C=O) groups is 2. The lowest BCUT2D eigenvalue weighted by molar-refractivity contribution is 0.0602. The number of methoxy groups -OCH3 is 1. The van der Waals surface area contributed by atoms with Crippen LogP contribution in [0.25, 0.3) is 0 Å². The smallest absolute Gasteiger partial charge is 0.339 e. The first-order valence-electron chi connectivity index (χ1n) is 6.28. The van der Waals surface area contributed by atoms with Crippen molar-refractivity contribution >= 4 is 33.5 Å². The molecule has 0 aromatic heterocycles. The van der Waals surface area contributed by atoms with E-state index < -0.39 is 5.97 Å². The van der Waals surface area contributed by atoms with Crippen LogP contribution in [0, 0.1) is 6.92 Å². The Morgan fingerprint density at radius 2 is 1.71 bits per heavy atom. The molecule has 0 saturated heterocycles. The van der Waals surface area contributed by atoms with Crippen LogP contribution in [-0.2, 0) is 4.74 Å². The van der Waals surface area contributed by atoms with Crippen LogP contribution in [0.5, 0.6) is 0 Å². The van der Waals surface area contributed by atoms with Crippen molar-refractivity contribution in [1.29, 1.82) is 0 Å². The summed E-state index contributed by atoms with van der Waals surface area (Å²) in [6.45, 7) is 1.85. The average Bonchev–Trinajstić information content (AvgIpc) is 2.49. The van der Waals surface area contributed by atoms with Crippen molar-refractivity contribution in [3.8, 4) is 0 Å². The van der Waals surface area contributed by atoms with Crippen LogP contribution in [0.2, 0.25) is 0 Å². The number of amides is 1. The quantitative estimate of drug-likeness (QED) is 0.859. The number of hydrogen-bond donors (Lipinski definition) is 1. The van der Waals surface area contributed by atoms with Crippen LogP contribution < -0.4 is 5.32 Å². The predicted molar refractivity (Wildman–Crippen MR) is 84.6 cm³/mol. The molecule has 0 fully saturated rings. The van der Waals surface area contributed by atoms with Crippen molar-refractivity contribution in [2.75, 3.05) is 12.4 Å². The summed E-state index contributed by atoms with van der Waals surface area (Å²) in [5, 5.41) is 2.75. The molecule has 2 aromatic carbocycles. The standard InChI is InChI=1S/C16H14BrNO3/c1-10-11(7-5-8-13(10)17)15(19)18-14-9-4-3-6-12(14)16(20)21-2/h3-9H,1-2H3,(H,18,19). The molecule has 0 atom stereocenters. The lowest BCUT2D eigenvalue weighted by Gasteiger charge is -2.11. The zero-order chi connectivity index (χ0) is 15.4.